The molecule has 7 heteroatoms. The molecule has 136 valence electrons. The van der Waals surface area contributed by atoms with Crippen LogP contribution in [0.15, 0.2) is 0 Å². The van der Waals surface area contributed by atoms with Gasteiger partial charge in [-0.25, -0.2) is 0 Å². The van der Waals surface area contributed by atoms with Crippen LogP contribution < -0.4 is 5.32 Å². The molecule has 2 amide bonds. The number of hydrogen-bond acceptors (Lipinski definition) is 4. The van der Waals surface area contributed by atoms with E-state index in [9.17, 15) is 19.5 Å². The summed E-state index contributed by atoms with van der Waals surface area (Å²) in [5.74, 6) is 0.0340. The molecule has 24 heavy (non-hydrogen) atoms. The normalized spacial score (nSPS) is 27.3. The second-order valence-electron chi connectivity index (χ2n) is 7.20. The van der Waals surface area contributed by atoms with E-state index in [1.807, 2.05) is 0 Å². The fourth-order valence-electron chi connectivity index (χ4n) is 3.35. The SMILES string of the molecule is CC(C)CCNC(=O)C1CSCN1C(=O)C1CCCC(C(=O)O)C1. The molecule has 2 rings (SSSR count). The Kier molecular flexibility index (Phi) is 6.95. The van der Waals surface area contributed by atoms with Crippen molar-refractivity contribution < 1.29 is 19.5 Å². The van der Waals surface area contributed by atoms with Gasteiger partial charge in [0.2, 0.25) is 11.8 Å². The number of carbonyl (C=O) groups is 3. The van der Waals surface area contributed by atoms with Crippen LogP contribution in [0.3, 0.4) is 0 Å². The summed E-state index contributed by atoms with van der Waals surface area (Å²) in [5.41, 5.74) is 0. The van der Waals surface area contributed by atoms with Gasteiger partial charge in [-0.1, -0.05) is 20.3 Å². The Bertz CT molecular complexity index is 483. The third kappa shape index (κ3) is 4.88. The van der Waals surface area contributed by atoms with E-state index in [1.165, 1.54) is 0 Å². The minimum Gasteiger partial charge on any atom is -0.481 e. The third-order valence-electron chi connectivity index (χ3n) is 4.86. The van der Waals surface area contributed by atoms with E-state index in [4.69, 9.17) is 0 Å². The van der Waals surface area contributed by atoms with E-state index < -0.39 is 17.9 Å². The molecule has 1 saturated carbocycles. The number of rotatable bonds is 6. The van der Waals surface area contributed by atoms with Gasteiger partial charge in [-0.2, -0.15) is 0 Å². The number of aliphatic carboxylic acids is 1. The number of hydrogen-bond donors (Lipinski definition) is 2. The maximum Gasteiger partial charge on any atom is 0.306 e. The van der Waals surface area contributed by atoms with Gasteiger partial charge in [-0.05, 0) is 31.6 Å². The predicted molar refractivity (Wildman–Crippen MR) is 93.5 cm³/mol. The van der Waals surface area contributed by atoms with Gasteiger partial charge in [0.1, 0.15) is 6.04 Å². The van der Waals surface area contributed by atoms with Crippen molar-refractivity contribution in [2.75, 3.05) is 18.2 Å². The van der Waals surface area contributed by atoms with Crippen LogP contribution in [0.25, 0.3) is 0 Å². The fourth-order valence-corrected chi connectivity index (χ4v) is 4.52. The van der Waals surface area contributed by atoms with Gasteiger partial charge in [0.25, 0.3) is 0 Å². The van der Waals surface area contributed by atoms with E-state index in [1.54, 1.807) is 16.7 Å². The zero-order valence-corrected chi connectivity index (χ0v) is 15.3. The van der Waals surface area contributed by atoms with Crippen molar-refractivity contribution in [2.24, 2.45) is 17.8 Å². The van der Waals surface area contributed by atoms with Crippen LogP contribution >= 0.6 is 11.8 Å². The monoisotopic (exact) mass is 356 g/mol. The zero-order valence-electron chi connectivity index (χ0n) is 14.5. The zero-order chi connectivity index (χ0) is 17.7. The van der Waals surface area contributed by atoms with Gasteiger partial charge in [0, 0.05) is 18.2 Å². The minimum absolute atomic E-state index is 0.0463. The van der Waals surface area contributed by atoms with Crippen molar-refractivity contribution in [1.29, 1.82) is 0 Å². The average Bonchev–Trinajstić information content (AvgIpc) is 3.03. The van der Waals surface area contributed by atoms with Crippen molar-refractivity contribution in [1.82, 2.24) is 10.2 Å². The first-order chi connectivity index (χ1) is 11.4. The summed E-state index contributed by atoms with van der Waals surface area (Å²) >= 11 is 1.59. The molecule has 0 spiro atoms. The Hall–Kier alpha value is -1.24. The van der Waals surface area contributed by atoms with E-state index in [2.05, 4.69) is 19.2 Å². The van der Waals surface area contributed by atoms with Crippen LogP contribution in [0.2, 0.25) is 0 Å². The highest BCUT2D eigenvalue weighted by Gasteiger charge is 2.39. The molecule has 3 unspecified atom stereocenters. The smallest absolute Gasteiger partial charge is 0.306 e. The second kappa shape index (κ2) is 8.74. The molecule has 0 bridgehead atoms. The van der Waals surface area contributed by atoms with Crippen molar-refractivity contribution in [3.63, 3.8) is 0 Å². The average molecular weight is 356 g/mol. The summed E-state index contributed by atoms with van der Waals surface area (Å²) in [6.45, 7) is 4.84. The fraction of sp³-hybridized carbons (Fsp3) is 0.824. The van der Waals surface area contributed by atoms with E-state index in [-0.39, 0.29) is 17.7 Å². The summed E-state index contributed by atoms with van der Waals surface area (Å²) in [6.07, 6.45) is 3.46. The van der Waals surface area contributed by atoms with Crippen LogP contribution in [0.1, 0.15) is 46.0 Å². The summed E-state index contributed by atoms with van der Waals surface area (Å²) in [6, 6.07) is -0.417. The number of thioether (sulfide) groups is 1. The van der Waals surface area contributed by atoms with Gasteiger partial charge in [-0.15, -0.1) is 11.8 Å². The lowest BCUT2D eigenvalue weighted by atomic mass is 9.80. The number of nitrogens with one attached hydrogen (secondary N) is 1. The second-order valence-corrected chi connectivity index (χ2v) is 8.20. The van der Waals surface area contributed by atoms with E-state index >= 15 is 0 Å². The largest absolute Gasteiger partial charge is 0.481 e. The molecule has 3 atom stereocenters. The van der Waals surface area contributed by atoms with Crippen molar-refractivity contribution in [3.05, 3.63) is 0 Å². The van der Waals surface area contributed by atoms with Crippen molar-refractivity contribution in [3.8, 4) is 0 Å². The molecule has 2 aliphatic rings. The van der Waals surface area contributed by atoms with E-state index in [0.29, 0.717) is 36.9 Å². The lowest BCUT2D eigenvalue weighted by molar-refractivity contribution is -0.147. The predicted octanol–water partition coefficient (Wildman–Crippen LogP) is 1.94. The summed E-state index contributed by atoms with van der Waals surface area (Å²) < 4.78 is 0. The quantitative estimate of drug-likeness (QED) is 0.759. The number of carboxylic acid groups (broad SMARTS) is 1. The standard InChI is InChI=1S/C17H28N2O4S/c1-11(2)6-7-18-15(20)14-9-24-10-19(14)16(21)12-4-3-5-13(8-12)17(22)23/h11-14H,3-10H2,1-2H3,(H,18,20)(H,22,23). The Morgan fingerprint density at radius 2 is 1.96 bits per heavy atom. The number of carbonyl (C=O) groups excluding carboxylic acids is 2. The van der Waals surface area contributed by atoms with Crippen LogP contribution in [-0.2, 0) is 14.4 Å². The molecule has 2 fully saturated rings. The molecular weight excluding hydrogens is 328 g/mol. The third-order valence-corrected chi connectivity index (χ3v) is 5.87. The highest BCUT2D eigenvalue weighted by molar-refractivity contribution is 7.99. The highest BCUT2D eigenvalue weighted by Crippen LogP contribution is 2.33. The minimum atomic E-state index is -0.814. The number of nitrogens with zero attached hydrogens (tertiary/aromatic N) is 1. The molecule has 2 N–H and O–H groups in total. The molecular formula is C17H28N2O4S. The molecule has 1 heterocycles. The molecule has 0 aromatic heterocycles. The van der Waals surface area contributed by atoms with Gasteiger partial charge < -0.3 is 15.3 Å². The van der Waals surface area contributed by atoms with Crippen LogP contribution in [-0.4, -0.2) is 52.0 Å². The Morgan fingerprint density at radius 3 is 2.62 bits per heavy atom. The Morgan fingerprint density at radius 1 is 1.25 bits per heavy atom. The van der Waals surface area contributed by atoms with E-state index in [0.717, 1.165) is 19.3 Å². The Labute approximate surface area is 147 Å². The molecule has 1 aliphatic heterocycles. The van der Waals surface area contributed by atoms with Gasteiger partial charge in [-0.3, -0.25) is 14.4 Å². The van der Waals surface area contributed by atoms with Gasteiger partial charge in [0.15, 0.2) is 0 Å². The maximum absolute atomic E-state index is 12.8. The van der Waals surface area contributed by atoms with Crippen LogP contribution in [0.5, 0.6) is 0 Å². The topological polar surface area (TPSA) is 86.7 Å². The summed E-state index contributed by atoms with van der Waals surface area (Å²) in [4.78, 5) is 38.0. The van der Waals surface area contributed by atoms with Gasteiger partial charge in [0.05, 0.1) is 11.8 Å². The van der Waals surface area contributed by atoms with Crippen LogP contribution in [0.4, 0.5) is 0 Å². The highest BCUT2D eigenvalue weighted by atomic mass is 32.2. The first-order valence-corrected chi connectivity index (χ1v) is 9.94. The maximum atomic E-state index is 12.8. The molecule has 1 saturated heterocycles. The summed E-state index contributed by atoms with van der Waals surface area (Å²) in [5, 5.41) is 12.1. The van der Waals surface area contributed by atoms with Gasteiger partial charge >= 0.3 is 5.97 Å². The molecule has 6 nitrogen and oxygen atoms in total. The molecule has 0 radical (unpaired) electrons. The molecule has 0 aromatic carbocycles. The Balaban J connectivity index is 1.92. The van der Waals surface area contributed by atoms with Crippen molar-refractivity contribution in [2.45, 2.75) is 52.0 Å². The van der Waals surface area contributed by atoms with Crippen LogP contribution in [0, 0.1) is 17.8 Å². The first-order valence-electron chi connectivity index (χ1n) is 8.79. The first kappa shape index (κ1) is 19.1. The summed E-state index contributed by atoms with van der Waals surface area (Å²) in [7, 11) is 0. The van der Waals surface area contributed by atoms with Crippen molar-refractivity contribution >= 4 is 29.5 Å². The number of carboxylic acids is 1. The molecule has 1 aliphatic carbocycles. The lowest BCUT2D eigenvalue weighted by Crippen LogP contribution is -2.49. The lowest BCUT2D eigenvalue weighted by Gasteiger charge is -2.31. The molecule has 0 aromatic rings. The number of amides is 2.